The summed E-state index contributed by atoms with van der Waals surface area (Å²) in [6.45, 7) is 0.529. The summed E-state index contributed by atoms with van der Waals surface area (Å²) in [6.07, 6.45) is 1.07. The Hall–Kier alpha value is -5.27. The maximum atomic E-state index is 15.0. The van der Waals surface area contributed by atoms with E-state index < -0.39 is 33.3 Å². The van der Waals surface area contributed by atoms with Crippen molar-refractivity contribution in [1.82, 2.24) is 14.9 Å². The lowest BCUT2D eigenvalue weighted by Crippen LogP contribution is -2.57. The van der Waals surface area contributed by atoms with Crippen molar-refractivity contribution in [2.75, 3.05) is 37.9 Å². The Labute approximate surface area is 267 Å². The van der Waals surface area contributed by atoms with E-state index in [1.807, 2.05) is 10.6 Å². The van der Waals surface area contributed by atoms with Gasteiger partial charge < -0.3 is 19.2 Å². The molecule has 0 saturated carbocycles. The Morgan fingerprint density at radius 1 is 1.02 bits per heavy atom. The van der Waals surface area contributed by atoms with Crippen LogP contribution in [0.3, 0.4) is 0 Å². The Morgan fingerprint density at radius 2 is 1.79 bits per heavy atom. The first kappa shape index (κ1) is 29.2. The normalized spacial score (nSPS) is 14.8. The third kappa shape index (κ3) is 4.33. The van der Waals surface area contributed by atoms with Crippen molar-refractivity contribution in [2.45, 2.75) is 5.72 Å². The topological polar surface area (TPSA) is 116 Å². The minimum Gasteiger partial charge on any atom is -0.460 e. The average molecular weight is 657 g/mol. The van der Waals surface area contributed by atoms with Crippen LogP contribution in [-0.2, 0) is 20.5 Å². The number of hydrogen-bond acceptors (Lipinski definition) is 7. The first-order valence-electron chi connectivity index (χ1n) is 14.6. The Bertz CT molecular complexity index is 2400. The molecule has 47 heavy (non-hydrogen) atoms. The second kappa shape index (κ2) is 10.1. The van der Waals surface area contributed by atoms with Crippen molar-refractivity contribution in [2.24, 2.45) is 0 Å². The van der Waals surface area contributed by atoms with Gasteiger partial charge in [-0.05, 0) is 60.7 Å². The molecule has 3 aromatic heterocycles. The molecule has 1 spiro atoms. The number of furan rings is 1. The van der Waals surface area contributed by atoms with Crippen LogP contribution in [0.15, 0.2) is 77.2 Å². The number of nitrogens with one attached hydrogen (secondary N) is 1. The molecule has 3 aromatic carbocycles. The van der Waals surface area contributed by atoms with E-state index >= 15 is 4.39 Å². The number of fused-ring (bicyclic) bond motifs is 7. The van der Waals surface area contributed by atoms with Crippen LogP contribution in [0.1, 0.15) is 10.4 Å². The predicted octanol–water partition coefficient (Wildman–Crippen LogP) is 5.89. The van der Waals surface area contributed by atoms with Gasteiger partial charge in [-0.3, -0.25) is 13.7 Å². The molecule has 0 radical (unpaired) electrons. The fourth-order valence-corrected chi connectivity index (χ4v) is 6.82. The molecular formula is C34H26F2N4O6S. The average Bonchev–Trinajstić information content (AvgIpc) is 3.62. The van der Waals surface area contributed by atoms with E-state index in [-0.39, 0.29) is 35.8 Å². The minimum absolute atomic E-state index is 0.188. The van der Waals surface area contributed by atoms with Crippen LogP contribution in [0.5, 0.6) is 5.75 Å². The summed E-state index contributed by atoms with van der Waals surface area (Å²) in [5.41, 5.74) is 2.67. The number of halogens is 2. The maximum Gasteiger partial charge on any atom is 0.255 e. The Kier molecular flexibility index (Phi) is 6.27. The lowest BCUT2D eigenvalue weighted by atomic mass is 10.00. The molecule has 0 aliphatic carbocycles. The molecule has 10 nitrogen and oxygen atoms in total. The number of sulfonamides is 1. The molecule has 1 amide bonds. The van der Waals surface area contributed by atoms with Gasteiger partial charge in [0.1, 0.15) is 41.9 Å². The Balaban J connectivity index is 1.39. The van der Waals surface area contributed by atoms with Crippen LogP contribution < -0.4 is 14.4 Å². The van der Waals surface area contributed by atoms with Crippen LogP contribution in [0.4, 0.5) is 14.5 Å². The zero-order valence-corrected chi connectivity index (χ0v) is 26.1. The van der Waals surface area contributed by atoms with E-state index in [0.29, 0.717) is 50.2 Å². The van der Waals surface area contributed by atoms with Crippen LogP contribution in [0, 0.1) is 11.6 Å². The van der Waals surface area contributed by atoms with Gasteiger partial charge in [-0.2, -0.15) is 0 Å². The lowest BCUT2D eigenvalue weighted by Gasteiger charge is -2.46. The second-order valence-corrected chi connectivity index (χ2v) is 13.6. The van der Waals surface area contributed by atoms with Gasteiger partial charge in [0.15, 0.2) is 5.75 Å². The molecule has 0 atom stereocenters. The van der Waals surface area contributed by atoms with E-state index in [1.54, 1.807) is 30.3 Å². The number of hydrogen-bond donors (Lipinski definition) is 1. The summed E-state index contributed by atoms with van der Waals surface area (Å²) in [6, 6.07) is 18.7. The highest BCUT2D eigenvalue weighted by molar-refractivity contribution is 7.92. The first-order chi connectivity index (χ1) is 22.5. The van der Waals surface area contributed by atoms with E-state index in [9.17, 15) is 17.6 Å². The molecule has 1 fully saturated rings. The van der Waals surface area contributed by atoms with E-state index in [0.717, 1.165) is 10.6 Å². The number of ether oxygens (including phenoxy) is 2. The summed E-state index contributed by atoms with van der Waals surface area (Å²) in [5, 5.41) is 3.43. The number of rotatable bonds is 5. The molecule has 1 N–H and O–H groups in total. The molecule has 0 bridgehead atoms. The molecule has 13 heteroatoms. The first-order valence-corrected chi connectivity index (χ1v) is 16.5. The van der Waals surface area contributed by atoms with E-state index in [4.69, 9.17) is 18.9 Å². The molecular weight excluding hydrogens is 630 g/mol. The van der Waals surface area contributed by atoms with Gasteiger partial charge in [-0.15, -0.1) is 0 Å². The summed E-state index contributed by atoms with van der Waals surface area (Å²) < 4.78 is 75.7. The highest BCUT2D eigenvalue weighted by Gasteiger charge is 2.49. The third-order valence-electron chi connectivity index (χ3n) is 8.74. The van der Waals surface area contributed by atoms with E-state index in [2.05, 4.69) is 5.32 Å². The van der Waals surface area contributed by atoms with Crippen LogP contribution in [0.25, 0.3) is 55.8 Å². The highest BCUT2D eigenvalue weighted by Crippen LogP contribution is 2.48. The molecule has 0 unspecified atom stereocenters. The predicted molar refractivity (Wildman–Crippen MR) is 172 cm³/mol. The van der Waals surface area contributed by atoms with Gasteiger partial charge in [0.25, 0.3) is 5.91 Å². The standard InChI is InChI=1S/C34H26F2N4O6S/c1-37-33(41)30-22-13-21(26(39(2)47(3,42)43)15-29(22)45-32(30)18-7-9-19(35)10-8-18)24-11-12-28-31(38-24)27-14-20-23(36)5-4-6-25(20)40(27)34(46-28)16-44-17-34/h4-15H,16-17H2,1-3H3,(H,37,41). The fourth-order valence-electron chi connectivity index (χ4n) is 6.32. The van der Waals surface area contributed by atoms with Crippen molar-refractivity contribution in [1.29, 1.82) is 0 Å². The number of aromatic nitrogens is 2. The van der Waals surface area contributed by atoms with Crippen molar-refractivity contribution in [3.63, 3.8) is 0 Å². The van der Waals surface area contributed by atoms with Gasteiger partial charge in [0.2, 0.25) is 15.7 Å². The monoisotopic (exact) mass is 656 g/mol. The summed E-state index contributed by atoms with van der Waals surface area (Å²) in [5.74, 6) is -0.649. The largest absolute Gasteiger partial charge is 0.460 e. The smallest absolute Gasteiger partial charge is 0.255 e. The van der Waals surface area contributed by atoms with Gasteiger partial charge in [-0.25, -0.2) is 22.2 Å². The van der Waals surface area contributed by atoms with Crippen molar-refractivity contribution in [3.8, 4) is 39.7 Å². The number of anilines is 1. The van der Waals surface area contributed by atoms with Crippen LogP contribution in [0.2, 0.25) is 0 Å². The Morgan fingerprint density at radius 3 is 2.47 bits per heavy atom. The summed E-state index contributed by atoms with van der Waals surface area (Å²) in [4.78, 5) is 18.3. The third-order valence-corrected chi connectivity index (χ3v) is 9.93. The van der Waals surface area contributed by atoms with Crippen molar-refractivity contribution in [3.05, 3.63) is 90.0 Å². The molecule has 2 aliphatic rings. The number of pyridine rings is 1. The second-order valence-electron chi connectivity index (χ2n) is 11.6. The van der Waals surface area contributed by atoms with Crippen LogP contribution >= 0.6 is 0 Å². The van der Waals surface area contributed by atoms with Gasteiger partial charge >= 0.3 is 0 Å². The van der Waals surface area contributed by atoms with E-state index in [1.165, 1.54) is 50.5 Å². The summed E-state index contributed by atoms with van der Waals surface area (Å²) >= 11 is 0. The molecule has 8 rings (SSSR count). The minimum atomic E-state index is -3.78. The fraction of sp³-hybridized carbons (Fsp3) is 0.176. The summed E-state index contributed by atoms with van der Waals surface area (Å²) in [7, 11) is -0.887. The van der Waals surface area contributed by atoms with Gasteiger partial charge in [-0.1, -0.05) is 6.07 Å². The quantitative estimate of drug-likeness (QED) is 0.246. The number of benzene rings is 3. The highest BCUT2D eigenvalue weighted by atomic mass is 32.2. The molecule has 1 saturated heterocycles. The van der Waals surface area contributed by atoms with Crippen molar-refractivity contribution < 1.29 is 35.9 Å². The zero-order valence-electron chi connectivity index (χ0n) is 25.3. The molecule has 6 aromatic rings. The number of nitrogens with zero attached hydrogens (tertiary/aromatic N) is 3. The maximum absolute atomic E-state index is 15.0. The molecule has 238 valence electrons. The number of amides is 1. The number of carbonyl (C=O) groups is 1. The van der Waals surface area contributed by atoms with Crippen LogP contribution in [-0.4, -0.2) is 57.4 Å². The molecule has 2 aliphatic heterocycles. The number of carbonyl (C=O) groups excluding carboxylic acids is 1. The zero-order chi connectivity index (χ0) is 32.8. The van der Waals surface area contributed by atoms with Gasteiger partial charge in [0.05, 0.1) is 34.4 Å². The lowest BCUT2D eigenvalue weighted by molar-refractivity contribution is -0.211. The molecule has 5 heterocycles. The van der Waals surface area contributed by atoms with Gasteiger partial charge in [0, 0.05) is 42.1 Å². The SMILES string of the molecule is CNC(=O)c1c(-c2ccc(F)cc2)oc2cc(N(C)S(C)(=O)=O)c(-c3ccc4c(n3)-c3cc5c(F)cccc5n3C3(COC3)O4)cc12. The van der Waals surface area contributed by atoms with Crippen molar-refractivity contribution >= 4 is 43.5 Å².